The molecule has 5 nitrogen and oxygen atoms in total. The summed E-state index contributed by atoms with van der Waals surface area (Å²) in [5, 5.41) is 12.6. The summed E-state index contributed by atoms with van der Waals surface area (Å²) in [6, 6.07) is 11.0. The number of carbonyl (C=O) groups excluding carboxylic acids is 1. The molecule has 0 aliphatic carbocycles. The summed E-state index contributed by atoms with van der Waals surface area (Å²) in [7, 11) is 0. The molecule has 0 saturated carbocycles. The fourth-order valence-corrected chi connectivity index (χ4v) is 2.68. The van der Waals surface area contributed by atoms with Gasteiger partial charge in [-0.1, -0.05) is 35.9 Å². The molecular formula is C15H10ClN3O2S. The highest BCUT2D eigenvalue weighted by Gasteiger charge is 2.14. The Balaban J connectivity index is 1.73. The molecule has 1 N–H and O–H groups in total. The topological polar surface area (TPSA) is 68.0 Å². The van der Waals surface area contributed by atoms with E-state index in [1.54, 1.807) is 12.1 Å². The van der Waals surface area contributed by atoms with Crippen molar-refractivity contribution in [2.24, 2.45) is 0 Å². The lowest BCUT2D eigenvalue weighted by Crippen LogP contribution is -2.08. The first kappa shape index (κ1) is 14.5. The van der Waals surface area contributed by atoms with Crippen molar-refractivity contribution in [1.82, 2.24) is 10.3 Å². The predicted molar refractivity (Wildman–Crippen MR) is 86.7 cm³/mol. The van der Waals surface area contributed by atoms with Gasteiger partial charge in [0.15, 0.2) is 5.69 Å². The van der Waals surface area contributed by atoms with Crippen LogP contribution in [0.4, 0.5) is 5.82 Å². The van der Waals surface area contributed by atoms with Gasteiger partial charge < -0.3 is 5.32 Å². The van der Waals surface area contributed by atoms with Crippen LogP contribution in [0.15, 0.2) is 52.5 Å². The maximum absolute atomic E-state index is 12.0. The molecule has 0 radical (unpaired) electrons. The highest BCUT2D eigenvalue weighted by atomic mass is 35.5. The van der Waals surface area contributed by atoms with Crippen LogP contribution in [0.5, 0.6) is 0 Å². The van der Waals surface area contributed by atoms with E-state index in [9.17, 15) is 4.79 Å². The number of hydrogen-bond donors (Lipinski definition) is 1. The van der Waals surface area contributed by atoms with Crippen LogP contribution in [0.1, 0.15) is 5.56 Å². The zero-order chi connectivity index (χ0) is 15.4. The largest absolute Gasteiger partial charge is 0.302 e. The first-order valence-electron chi connectivity index (χ1n) is 6.34. The van der Waals surface area contributed by atoms with Crippen molar-refractivity contribution in [3.63, 3.8) is 0 Å². The van der Waals surface area contributed by atoms with Crippen LogP contribution in [-0.2, 0) is 4.79 Å². The normalized spacial score (nSPS) is 11.0. The van der Waals surface area contributed by atoms with Crippen molar-refractivity contribution >= 4 is 40.7 Å². The molecule has 1 aromatic carbocycles. The molecule has 0 bridgehead atoms. The van der Waals surface area contributed by atoms with Gasteiger partial charge in [0, 0.05) is 11.1 Å². The van der Waals surface area contributed by atoms with E-state index in [2.05, 4.69) is 15.6 Å². The molecule has 1 amide bonds. The van der Waals surface area contributed by atoms with E-state index in [0.29, 0.717) is 10.7 Å². The number of hydrogen-bond acceptors (Lipinski definition) is 5. The highest BCUT2D eigenvalue weighted by Crippen LogP contribution is 2.28. The number of anilines is 1. The molecule has 22 heavy (non-hydrogen) atoms. The van der Waals surface area contributed by atoms with Crippen LogP contribution in [-0.4, -0.2) is 16.2 Å². The van der Waals surface area contributed by atoms with Gasteiger partial charge >= 0.3 is 0 Å². The molecule has 2 aromatic heterocycles. The molecule has 7 heteroatoms. The number of nitrogens with zero attached hydrogens (tertiary/aromatic N) is 2. The Morgan fingerprint density at radius 1 is 1.23 bits per heavy atom. The molecule has 0 aliphatic rings. The zero-order valence-electron chi connectivity index (χ0n) is 11.2. The molecular weight excluding hydrogens is 322 g/mol. The second kappa shape index (κ2) is 6.55. The third kappa shape index (κ3) is 3.24. The Hall–Kier alpha value is -2.44. The zero-order valence-corrected chi connectivity index (χ0v) is 12.8. The van der Waals surface area contributed by atoms with Crippen molar-refractivity contribution in [3.8, 4) is 10.6 Å². The van der Waals surface area contributed by atoms with Crippen molar-refractivity contribution < 1.29 is 9.42 Å². The molecule has 2 heterocycles. The monoisotopic (exact) mass is 331 g/mol. The van der Waals surface area contributed by atoms with Gasteiger partial charge in [0.1, 0.15) is 0 Å². The summed E-state index contributed by atoms with van der Waals surface area (Å²) in [6.45, 7) is 0. The van der Waals surface area contributed by atoms with E-state index in [1.165, 1.54) is 17.4 Å². The average Bonchev–Trinajstić information content (AvgIpc) is 3.17. The number of aromatic nitrogens is 2. The second-order valence-corrected chi connectivity index (χ2v) is 5.64. The molecule has 0 spiro atoms. The lowest BCUT2D eigenvalue weighted by atomic mass is 10.2. The van der Waals surface area contributed by atoms with Gasteiger partial charge in [-0.15, -0.1) is 11.3 Å². The van der Waals surface area contributed by atoms with Crippen molar-refractivity contribution in [1.29, 1.82) is 0 Å². The molecule has 0 saturated heterocycles. The van der Waals surface area contributed by atoms with Crippen LogP contribution in [0.3, 0.4) is 0 Å². The minimum Gasteiger partial charge on any atom is -0.302 e. The smallest absolute Gasteiger partial charge is 0.249 e. The standard InChI is InChI=1S/C15H10ClN3O2S/c16-11-5-2-1-4-10(11)7-8-13(20)17-15-14(18-21-19-15)12-6-3-9-22-12/h1-9H,(H,17,19,20)/b8-7+. The number of nitrogens with one attached hydrogen (secondary N) is 1. The van der Waals surface area contributed by atoms with E-state index in [4.69, 9.17) is 16.2 Å². The van der Waals surface area contributed by atoms with Crippen LogP contribution in [0.2, 0.25) is 5.02 Å². The highest BCUT2D eigenvalue weighted by molar-refractivity contribution is 7.13. The molecule has 3 rings (SSSR count). The molecule has 0 unspecified atom stereocenters. The Bertz CT molecular complexity index is 812. The van der Waals surface area contributed by atoms with E-state index >= 15 is 0 Å². The van der Waals surface area contributed by atoms with Gasteiger partial charge in [0.05, 0.1) is 4.88 Å². The third-order valence-electron chi connectivity index (χ3n) is 2.80. The lowest BCUT2D eigenvalue weighted by Gasteiger charge is -1.99. The van der Waals surface area contributed by atoms with E-state index in [-0.39, 0.29) is 11.7 Å². The van der Waals surface area contributed by atoms with Gasteiger partial charge in [-0.05, 0) is 39.5 Å². The first-order chi connectivity index (χ1) is 10.7. The number of thiophene rings is 1. The molecule has 3 aromatic rings. The van der Waals surface area contributed by atoms with E-state index in [1.807, 2.05) is 35.7 Å². The van der Waals surface area contributed by atoms with Gasteiger partial charge in [-0.2, -0.15) is 0 Å². The molecule has 0 fully saturated rings. The van der Waals surface area contributed by atoms with Crippen LogP contribution in [0, 0.1) is 0 Å². The third-order valence-corrected chi connectivity index (χ3v) is 4.02. The summed E-state index contributed by atoms with van der Waals surface area (Å²) in [4.78, 5) is 12.8. The fraction of sp³-hybridized carbons (Fsp3) is 0. The van der Waals surface area contributed by atoms with Crippen molar-refractivity contribution in [2.45, 2.75) is 0 Å². The summed E-state index contributed by atoms with van der Waals surface area (Å²) < 4.78 is 4.70. The first-order valence-corrected chi connectivity index (χ1v) is 7.60. The number of carbonyl (C=O) groups is 1. The van der Waals surface area contributed by atoms with Gasteiger partial charge in [0.25, 0.3) is 0 Å². The number of rotatable bonds is 4. The van der Waals surface area contributed by atoms with Crippen LogP contribution >= 0.6 is 22.9 Å². The van der Waals surface area contributed by atoms with Gasteiger partial charge in [-0.3, -0.25) is 4.79 Å². The Kier molecular flexibility index (Phi) is 4.32. The van der Waals surface area contributed by atoms with Gasteiger partial charge in [-0.25, -0.2) is 4.63 Å². The quantitative estimate of drug-likeness (QED) is 0.731. The fourth-order valence-electron chi connectivity index (χ4n) is 1.78. The van der Waals surface area contributed by atoms with E-state index in [0.717, 1.165) is 10.4 Å². The minimum atomic E-state index is -0.339. The predicted octanol–water partition coefficient (Wildman–Crippen LogP) is 4.10. The Morgan fingerprint density at radius 2 is 2.09 bits per heavy atom. The maximum atomic E-state index is 12.0. The summed E-state index contributed by atoms with van der Waals surface area (Å²) in [5.41, 5.74) is 1.27. The second-order valence-electron chi connectivity index (χ2n) is 4.28. The summed E-state index contributed by atoms with van der Waals surface area (Å²) >= 11 is 7.51. The lowest BCUT2D eigenvalue weighted by molar-refractivity contribution is -0.111. The van der Waals surface area contributed by atoms with E-state index < -0.39 is 0 Å². The van der Waals surface area contributed by atoms with Crippen LogP contribution < -0.4 is 5.32 Å². The Morgan fingerprint density at radius 3 is 2.86 bits per heavy atom. The number of benzene rings is 1. The molecule has 0 atom stereocenters. The SMILES string of the molecule is O=C(/C=C/c1ccccc1Cl)Nc1nonc1-c1cccs1. The molecule has 110 valence electrons. The summed E-state index contributed by atoms with van der Waals surface area (Å²) in [6.07, 6.45) is 3.02. The number of halogens is 1. The Labute approximate surface area is 135 Å². The average molecular weight is 332 g/mol. The van der Waals surface area contributed by atoms with Crippen LogP contribution in [0.25, 0.3) is 16.6 Å². The summed E-state index contributed by atoms with van der Waals surface area (Å²) in [5.74, 6) is -0.0512. The van der Waals surface area contributed by atoms with Crippen molar-refractivity contribution in [3.05, 3.63) is 58.4 Å². The number of amides is 1. The molecule has 0 aliphatic heterocycles. The maximum Gasteiger partial charge on any atom is 0.249 e. The van der Waals surface area contributed by atoms with Gasteiger partial charge in [0.2, 0.25) is 11.7 Å². The van der Waals surface area contributed by atoms with Crippen molar-refractivity contribution in [2.75, 3.05) is 5.32 Å². The minimum absolute atomic E-state index is 0.288.